The molecule has 4 heteroatoms. The fraction of sp³-hybridized carbons (Fsp3) is 0. The van der Waals surface area contributed by atoms with E-state index in [1.54, 1.807) is 6.33 Å². The first-order valence-electron chi connectivity index (χ1n) is 7.01. The molecular weight excluding hydrogens is 274 g/mol. The maximum absolute atomic E-state index is 5.80. The van der Waals surface area contributed by atoms with E-state index < -0.39 is 0 Å². The molecule has 0 bridgehead atoms. The molecule has 2 aromatic carbocycles. The Morgan fingerprint density at radius 1 is 0.773 bits per heavy atom. The molecule has 0 aliphatic heterocycles. The van der Waals surface area contributed by atoms with Gasteiger partial charge in [0.15, 0.2) is 0 Å². The Morgan fingerprint density at radius 3 is 2.36 bits per heavy atom. The highest BCUT2D eigenvalue weighted by Gasteiger charge is 2.07. The van der Waals surface area contributed by atoms with E-state index in [1.165, 1.54) is 0 Å². The Kier molecular flexibility index (Phi) is 3.05. The van der Waals surface area contributed by atoms with Crippen molar-refractivity contribution in [1.29, 1.82) is 0 Å². The number of hydrogen-bond acceptors (Lipinski definition) is 3. The summed E-state index contributed by atoms with van der Waals surface area (Å²) in [5.74, 6) is 1.62. The smallest absolute Gasteiger partial charge is 0.127 e. The predicted octanol–water partition coefficient (Wildman–Crippen LogP) is 4.42. The number of hydrogen-bond donors (Lipinski definition) is 1. The first-order valence-corrected chi connectivity index (χ1v) is 7.01. The molecular formula is C18H13N3O. The monoisotopic (exact) mass is 287 g/mol. The van der Waals surface area contributed by atoms with Crippen molar-refractivity contribution in [2.24, 2.45) is 0 Å². The van der Waals surface area contributed by atoms with Crippen LogP contribution in [0.5, 0.6) is 11.5 Å². The van der Waals surface area contributed by atoms with Crippen LogP contribution in [0.15, 0.2) is 73.2 Å². The van der Waals surface area contributed by atoms with Crippen LogP contribution < -0.4 is 4.74 Å². The highest BCUT2D eigenvalue weighted by atomic mass is 16.5. The van der Waals surface area contributed by atoms with E-state index in [9.17, 15) is 0 Å². The van der Waals surface area contributed by atoms with Gasteiger partial charge in [0.25, 0.3) is 0 Å². The molecule has 0 radical (unpaired) electrons. The lowest BCUT2D eigenvalue weighted by atomic mass is 10.1. The van der Waals surface area contributed by atoms with E-state index in [2.05, 4.69) is 15.0 Å². The quantitative estimate of drug-likeness (QED) is 0.607. The van der Waals surface area contributed by atoms with Gasteiger partial charge in [-0.1, -0.05) is 18.2 Å². The number of ether oxygens (including phenoxy) is 1. The summed E-state index contributed by atoms with van der Waals surface area (Å²) in [6.45, 7) is 0. The molecule has 1 N–H and O–H groups in total. The van der Waals surface area contributed by atoms with Gasteiger partial charge in [-0.3, -0.25) is 0 Å². The van der Waals surface area contributed by atoms with Gasteiger partial charge in [0, 0.05) is 11.8 Å². The fourth-order valence-electron chi connectivity index (χ4n) is 2.40. The van der Waals surface area contributed by atoms with Gasteiger partial charge in [0.1, 0.15) is 17.8 Å². The van der Waals surface area contributed by atoms with Crippen LogP contribution in [0.4, 0.5) is 0 Å². The topological polar surface area (TPSA) is 50.8 Å². The average molecular weight is 287 g/mol. The van der Waals surface area contributed by atoms with Crippen molar-refractivity contribution in [3.63, 3.8) is 0 Å². The van der Waals surface area contributed by atoms with Crippen LogP contribution in [-0.4, -0.2) is 15.0 Å². The highest BCUT2D eigenvalue weighted by Crippen LogP contribution is 2.27. The third kappa shape index (κ3) is 2.31. The first-order chi connectivity index (χ1) is 10.9. The van der Waals surface area contributed by atoms with E-state index in [0.29, 0.717) is 0 Å². The molecule has 4 rings (SSSR count). The van der Waals surface area contributed by atoms with Crippen molar-refractivity contribution in [2.75, 3.05) is 0 Å². The van der Waals surface area contributed by atoms with E-state index in [1.807, 2.05) is 66.9 Å². The molecule has 0 atom stereocenters. The SMILES string of the molecule is c1ccc(Oc2ccc(-c3ncnc4cc[nH]c34)cc2)cc1. The van der Waals surface area contributed by atoms with Gasteiger partial charge < -0.3 is 9.72 Å². The molecule has 0 aliphatic rings. The molecule has 0 saturated carbocycles. The second-order valence-corrected chi connectivity index (χ2v) is 4.90. The molecule has 4 nitrogen and oxygen atoms in total. The zero-order chi connectivity index (χ0) is 14.8. The number of fused-ring (bicyclic) bond motifs is 1. The molecule has 0 saturated heterocycles. The largest absolute Gasteiger partial charge is 0.457 e. The molecule has 0 aliphatic carbocycles. The summed E-state index contributed by atoms with van der Waals surface area (Å²) in [6.07, 6.45) is 3.45. The summed E-state index contributed by atoms with van der Waals surface area (Å²) in [5.41, 5.74) is 3.77. The Balaban J connectivity index is 1.66. The van der Waals surface area contributed by atoms with Gasteiger partial charge in [0.2, 0.25) is 0 Å². The number of nitrogens with zero attached hydrogens (tertiary/aromatic N) is 2. The van der Waals surface area contributed by atoms with Crippen molar-refractivity contribution in [3.05, 3.63) is 73.2 Å². The predicted molar refractivity (Wildman–Crippen MR) is 85.8 cm³/mol. The molecule has 0 unspecified atom stereocenters. The Labute approximate surface area is 127 Å². The Hall–Kier alpha value is -3.14. The minimum Gasteiger partial charge on any atom is -0.457 e. The third-order valence-corrected chi connectivity index (χ3v) is 3.45. The zero-order valence-corrected chi connectivity index (χ0v) is 11.7. The van der Waals surface area contributed by atoms with Gasteiger partial charge >= 0.3 is 0 Å². The number of rotatable bonds is 3. The maximum Gasteiger partial charge on any atom is 0.127 e. The normalized spacial score (nSPS) is 10.7. The lowest BCUT2D eigenvalue weighted by molar-refractivity contribution is 0.483. The summed E-state index contributed by atoms with van der Waals surface area (Å²) in [6, 6.07) is 19.6. The maximum atomic E-state index is 5.80. The number of H-pyrrole nitrogens is 1. The minimum atomic E-state index is 0.798. The number of nitrogens with one attached hydrogen (secondary N) is 1. The minimum absolute atomic E-state index is 0.798. The average Bonchev–Trinajstić information content (AvgIpc) is 3.05. The molecule has 2 heterocycles. The van der Waals surface area contributed by atoms with Crippen molar-refractivity contribution in [2.45, 2.75) is 0 Å². The summed E-state index contributed by atoms with van der Waals surface area (Å²) in [7, 11) is 0. The van der Waals surface area contributed by atoms with Crippen LogP contribution in [0.25, 0.3) is 22.3 Å². The van der Waals surface area contributed by atoms with Gasteiger partial charge in [-0.15, -0.1) is 0 Å². The lowest BCUT2D eigenvalue weighted by Gasteiger charge is -2.07. The number of para-hydroxylation sites is 1. The second kappa shape index (κ2) is 5.33. The molecule has 22 heavy (non-hydrogen) atoms. The van der Waals surface area contributed by atoms with Crippen molar-refractivity contribution >= 4 is 11.0 Å². The summed E-state index contributed by atoms with van der Waals surface area (Å²) < 4.78 is 5.80. The molecule has 0 fully saturated rings. The first kappa shape index (κ1) is 12.6. The summed E-state index contributed by atoms with van der Waals surface area (Å²) in [4.78, 5) is 11.8. The fourth-order valence-corrected chi connectivity index (χ4v) is 2.40. The van der Waals surface area contributed by atoms with Crippen LogP contribution in [0.3, 0.4) is 0 Å². The van der Waals surface area contributed by atoms with Gasteiger partial charge in [-0.05, 0) is 42.5 Å². The van der Waals surface area contributed by atoms with E-state index in [4.69, 9.17) is 4.74 Å². The molecule has 2 aromatic heterocycles. The van der Waals surface area contributed by atoms with Crippen LogP contribution in [0, 0.1) is 0 Å². The molecule has 4 aromatic rings. The van der Waals surface area contributed by atoms with Crippen molar-refractivity contribution < 1.29 is 4.74 Å². The molecule has 0 spiro atoms. The third-order valence-electron chi connectivity index (χ3n) is 3.45. The number of benzene rings is 2. The zero-order valence-electron chi connectivity index (χ0n) is 11.7. The van der Waals surface area contributed by atoms with E-state index in [0.717, 1.165) is 33.8 Å². The van der Waals surface area contributed by atoms with Gasteiger partial charge in [-0.2, -0.15) is 0 Å². The van der Waals surface area contributed by atoms with E-state index in [-0.39, 0.29) is 0 Å². The van der Waals surface area contributed by atoms with Crippen molar-refractivity contribution in [3.8, 4) is 22.8 Å². The van der Waals surface area contributed by atoms with Crippen LogP contribution in [0.2, 0.25) is 0 Å². The lowest BCUT2D eigenvalue weighted by Crippen LogP contribution is -1.88. The number of aromatic amines is 1. The van der Waals surface area contributed by atoms with Crippen molar-refractivity contribution in [1.82, 2.24) is 15.0 Å². The van der Waals surface area contributed by atoms with E-state index >= 15 is 0 Å². The van der Waals surface area contributed by atoms with Gasteiger partial charge in [0.05, 0.1) is 16.7 Å². The standard InChI is InChI=1S/C18H13N3O/c1-2-4-14(5-3-1)22-15-8-6-13(7-9-15)17-18-16(10-11-19-18)20-12-21-17/h1-12,19H. The summed E-state index contributed by atoms with van der Waals surface area (Å²) >= 11 is 0. The van der Waals surface area contributed by atoms with Crippen LogP contribution in [-0.2, 0) is 0 Å². The van der Waals surface area contributed by atoms with Gasteiger partial charge in [-0.25, -0.2) is 9.97 Å². The Morgan fingerprint density at radius 2 is 1.55 bits per heavy atom. The summed E-state index contributed by atoms with van der Waals surface area (Å²) in [5, 5.41) is 0. The van der Waals surface area contributed by atoms with Crippen LogP contribution >= 0.6 is 0 Å². The number of aromatic nitrogens is 3. The molecule has 0 amide bonds. The highest BCUT2D eigenvalue weighted by molar-refractivity contribution is 5.89. The second-order valence-electron chi connectivity index (χ2n) is 4.90. The molecule has 106 valence electrons. The Bertz CT molecular complexity index is 898. The van der Waals surface area contributed by atoms with Crippen LogP contribution in [0.1, 0.15) is 0 Å².